The van der Waals surface area contributed by atoms with Gasteiger partial charge in [0.05, 0.1) is 0 Å². The minimum absolute atomic E-state index is 0.220. The molecule has 0 bridgehead atoms. The first-order valence-corrected chi connectivity index (χ1v) is 8.02. The van der Waals surface area contributed by atoms with Gasteiger partial charge in [-0.25, -0.2) is 4.98 Å². The Balaban J connectivity index is 2.03. The van der Waals surface area contributed by atoms with Gasteiger partial charge in [-0.15, -0.1) is 0 Å². The minimum Gasteiger partial charge on any atom is -0.338 e. The number of likely N-dealkylation sites (N-methyl/N-ethyl adjacent to an activating group) is 1. The van der Waals surface area contributed by atoms with E-state index in [1.807, 2.05) is 12.4 Å². The number of nitrogens with zero attached hydrogens (tertiary/aromatic N) is 3. The van der Waals surface area contributed by atoms with Crippen molar-refractivity contribution in [2.45, 2.75) is 51.5 Å². The summed E-state index contributed by atoms with van der Waals surface area (Å²) in [5.41, 5.74) is 6.41. The van der Waals surface area contributed by atoms with Gasteiger partial charge in [0.25, 0.3) is 0 Å². The average Bonchev–Trinajstić information content (AvgIpc) is 2.85. The number of hydrogen-bond donors (Lipinski definition) is 1. The molecule has 1 aromatic rings. The third-order valence-electron chi connectivity index (χ3n) is 5.03. The number of rotatable bonds is 6. The van der Waals surface area contributed by atoms with Crippen LogP contribution in [0.4, 0.5) is 0 Å². The smallest absolute Gasteiger partial charge is 0.109 e. The highest BCUT2D eigenvalue weighted by atomic mass is 15.2. The molecule has 0 saturated heterocycles. The second-order valence-corrected chi connectivity index (χ2v) is 6.41. The third-order valence-corrected chi connectivity index (χ3v) is 5.03. The van der Waals surface area contributed by atoms with Gasteiger partial charge in [0.2, 0.25) is 0 Å². The number of aryl methyl sites for hydroxylation is 1. The molecule has 1 aromatic heterocycles. The van der Waals surface area contributed by atoms with Crippen LogP contribution in [0.15, 0.2) is 12.4 Å². The van der Waals surface area contributed by atoms with E-state index in [4.69, 9.17) is 5.73 Å². The summed E-state index contributed by atoms with van der Waals surface area (Å²) in [5, 5.41) is 0. The Kier molecular flexibility index (Phi) is 5.22. The van der Waals surface area contributed by atoms with Crippen LogP contribution in [0.1, 0.15) is 45.4 Å². The van der Waals surface area contributed by atoms with Crippen LogP contribution in [0.2, 0.25) is 0 Å². The van der Waals surface area contributed by atoms with E-state index in [0.717, 1.165) is 32.0 Å². The average molecular weight is 278 g/mol. The highest BCUT2D eigenvalue weighted by molar-refractivity contribution is 4.98. The van der Waals surface area contributed by atoms with Crippen molar-refractivity contribution in [3.05, 3.63) is 18.2 Å². The summed E-state index contributed by atoms with van der Waals surface area (Å²) in [6.07, 6.45) is 10.1. The van der Waals surface area contributed by atoms with Gasteiger partial charge in [-0.05, 0) is 25.3 Å². The zero-order valence-corrected chi connectivity index (χ0v) is 13.3. The van der Waals surface area contributed by atoms with Crippen LogP contribution >= 0.6 is 0 Å². The van der Waals surface area contributed by atoms with E-state index in [2.05, 4.69) is 35.3 Å². The van der Waals surface area contributed by atoms with Gasteiger partial charge in [0.1, 0.15) is 5.82 Å². The standard InChI is InChI=1S/C16H30N4/c1-4-20(10-7-15-18-9-11-19(15)3)16(13-17)8-5-6-14(2)12-16/h9,11,14H,4-8,10,12-13,17H2,1-3H3. The Morgan fingerprint density at radius 2 is 2.35 bits per heavy atom. The predicted octanol–water partition coefficient (Wildman–Crippen LogP) is 2.19. The molecular weight excluding hydrogens is 248 g/mol. The van der Waals surface area contributed by atoms with Crippen LogP contribution in [-0.4, -0.2) is 39.6 Å². The topological polar surface area (TPSA) is 47.1 Å². The summed E-state index contributed by atoms with van der Waals surface area (Å²) in [6, 6.07) is 0. The van der Waals surface area contributed by atoms with E-state index in [9.17, 15) is 0 Å². The molecule has 1 fully saturated rings. The van der Waals surface area contributed by atoms with Crippen molar-refractivity contribution in [3.63, 3.8) is 0 Å². The summed E-state index contributed by atoms with van der Waals surface area (Å²) < 4.78 is 2.12. The Bertz CT molecular complexity index is 414. The maximum atomic E-state index is 6.19. The summed E-state index contributed by atoms with van der Waals surface area (Å²) in [6.45, 7) is 7.55. The van der Waals surface area contributed by atoms with Crippen LogP contribution < -0.4 is 5.73 Å². The quantitative estimate of drug-likeness (QED) is 0.867. The zero-order chi connectivity index (χ0) is 14.6. The molecule has 2 unspecified atom stereocenters. The van der Waals surface area contributed by atoms with Crippen molar-refractivity contribution in [2.75, 3.05) is 19.6 Å². The molecule has 1 saturated carbocycles. The second-order valence-electron chi connectivity index (χ2n) is 6.41. The molecule has 2 N–H and O–H groups in total. The Morgan fingerprint density at radius 1 is 1.55 bits per heavy atom. The van der Waals surface area contributed by atoms with E-state index >= 15 is 0 Å². The molecule has 4 heteroatoms. The van der Waals surface area contributed by atoms with Crippen molar-refractivity contribution >= 4 is 0 Å². The third kappa shape index (κ3) is 3.23. The maximum Gasteiger partial charge on any atom is 0.109 e. The Morgan fingerprint density at radius 3 is 2.90 bits per heavy atom. The van der Waals surface area contributed by atoms with Gasteiger partial charge in [-0.1, -0.05) is 26.7 Å². The van der Waals surface area contributed by atoms with Crippen molar-refractivity contribution in [1.29, 1.82) is 0 Å². The monoisotopic (exact) mass is 278 g/mol. The molecule has 114 valence electrons. The first kappa shape index (κ1) is 15.5. The SMILES string of the molecule is CCN(CCc1nccn1C)C1(CN)CCCC(C)C1. The van der Waals surface area contributed by atoms with Gasteiger partial charge < -0.3 is 10.3 Å². The van der Waals surface area contributed by atoms with Crippen LogP contribution in [0.3, 0.4) is 0 Å². The summed E-state index contributed by atoms with van der Waals surface area (Å²) in [5.74, 6) is 1.97. The molecule has 0 aliphatic heterocycles. The molecule has 1 aliphatic carbocycles. The molecule has 2 rings (SSSR count). The highest BCUT2D eigenvalue weighted by Gasteiger charge is 2.38. The Labute approximate surface area is 123 Å². The molecule has 2 atom stereocenters. The van der Waals surface area contributed by atoms with Gasteiger partial charge >= 0.3 is 0 Å². The van der Waals surface area contributed by atoms with Crippen molar-refractivity contribution in [1.82, 2.24) is 14.5 Å². The largest absolute Gasteiger partial charge is 0.338 e. The van der Waals surface area contributed by atoms with Crippen molar-refractivity contribution in [2.24, 2.45) is 18.7 Å². The van der Waals surface area contributed by atoms with E-state index in [-0.39, 0.29) is 5.54 Å². The number of hydrogen-bond acceptors (Lipinski definition) is 3. The lowest BCUT2D eigenvalue weighted by molar-refractivity contribution is 0.0437. The fourth-order valence-corrected chi connectivity index (χ4v) is 3.84. The summed E-state index contributed by atoms with van der Waals surface area (Å²) in [7, 11) is 2.07. The molecule has 0 spiro atoms. The number of aromatic nitrogens is 2. The summed E-state index contributed by atoms with van der Waals surface area (Å²) in [4.78, 5) is 7.04. The fraction of sp³-hybridized carbons (Fsp3) is 0.812. The van der Waals surface area contributed by atoms with Gasteiger partial charge in [-0.2, -0.15) is 0 Å². The highest BCUT2D eigenvalue weighted by Crippen LogP contribution is 2.36. The lowest BCUT2D eigenvalue weighted by Gasteiger charge is -2.47. The fourth-order valence-electron chi connectivity index (χ4n) is 3.84. The normalized spacial score (nSPS) is 27.1. The van der Waals surface area contributed by atoms with Crippen molar-refractivity contribution in [3.8, 4) is 0 Å². The lowest BCUT2D eigenvalue weighted by Crippen LogP contribution is -2.56. The van der Waals surface area contributed by atoms with Crippen LogP contribution in [0.25, 0.3) is 0 Å². The minimum atomic E-state index is 0.220. The van der Waals surface area contributed by atoms with E-state index in [0.29, 0.717) is 0 Å². The number of nitrogens with two attached hydrogens (primary N) is 1. The molecule has 1 heterocycles. The molecular formula is C16H30N4. The molecule has 0 amide bonds. The molecule has 20 heavy (non-hydrogen) atoms. The predicted molar refractivity (Wildman–Crippen MR) is 83.6 cm³/mol. The first-order chi connectivity index (χ1) is 9.61. The van der Waals surface area contributed by atoms with E-state index in [1.165, 1.54) is 31.5 Å². The van der Waals surface area contributed by atoms with Gasteiger partial charge in [0, 0.05) is 44.5 Å². The summed E-state index contributed by atoms with van der Waals surface area (Å²) >= 11 is 0. The molecule has 0 aromatic carbocycles. The molecule has 0 radical (unpaired) electrons. The van der Waals surface area contributed by atoms with Gasteiger partial charge in [-0.3, -0.25) is 4.90 Å². The zero-order valence-electron chi connectivity index (χ0n) is 13.3. The van der Waals surface area contributed by atoms with Gasteiger partial charge in [0.15, 0.2) is 0 Å². The second kappa shape index (κ2) is 6.72. The number of imidazole rings is 1. The Hall–Kier alpha value is -0.870. The maximum absolute atomic E-state index is 6.19. The van der Waals surface area contributed by atoms with Crippen LogP contribution in [0, 0.1) is 5.92 Å². The molecule has 1 aliphatic rings. The van der Waals surface area contributed by atoms with E-state index < -0.39 is 0 Å². The van der Waals surface area contributed by atoms with Crippen LogP contribution in [-0.2, 0) is 13.5 Å². The van der Waals surface area contributed by atoms with Crippen molar-refractivity contribution < 1.29 is 0 Å². The first-order valence-electron chi connectivity index (χ1n) is 8.02. The molecule has 4 nitrogen and oxygen atoms in total. The van der Waals surface area contributed by atoms with E-state index in [1.54, 1.807) is 0 Å². The lowest BCUT2D eigenvalue weighted by atomic mass is 9.75. The van der Waals surface area contributed by atoms with Crippen LogP contribution in [0.5, 0.6) is 0 Å².